The van der Waals surface area contributed by atoms with Gasteiger partial charge in [-0.1, -0.05) is 59.0 Å². The van der Waals surface area contributed by atoms with Crippen molar-refractivity contribution in [2.45, 2.75) is 123 Å². The standard InChI is InChI=1S/C23H26N4O3.C21H22N4O3.C13H14N4O2.C10H13N/c1-3-30-23(28)21-22(24-19-11-10-17-6-4-5-7-18(17)14-19)27(26-25-21)15-16-8-12-20(29-2)13-9-16;1-28-18-10-6-14(7-11-18)13-25-20(19(21(26)27)23-24-25)22-17-9-8-15-4-2-3-5-16(15)12-17;18-13(19)11-12(16-17-15-11)14-10-6-5-8-3-1-2-4-9(8)7-10;11-10-6-5-8-3-1-2-4-9(8)7-10/h8-14,24H,3-7,15H2,1-2H3;6-12,22H,2-5,13H2,1H3,(H,26,27);5-7H,1-4H2,(H,18,19)(H2,14,15,16,17);5-7H,1-4,11H2. The van der Waals surface area contributed by atoms with E-state index in [0.29, 0.717) is 24.7 Å². The number of nitrogens with two attached hydrogens (primary N) is 1. The van der Waals surface area contributed by atoms with E-state index in [4.69, 9.17) is 25.1 Å². The van der Waals surface area contributed by atoms with Crippen molar-refractivity contribution in [3.05, 3.63) is 194 Å². The number of fused-ring (bicyclic) bond motifs is 4. The van der Waals surface area contributed by atoms with E-state index in [2.05, 4.69) is 101 Å². The zero-order valence-corrected chi connectivity index (χ0v) is 50.0. The number of carbonyl (C=O) groups excluding carboxylic acids is 1. The summed E-state index contributed by atoms with van der Waals surface area (Å²) >= 11 is 0. The molecule has 0 spiro atoms. The number of H-pyrrole nitrogens is 1. The fourth-order valence-corrected chi connectivity index (χ4v) is 11.4. The number of carbonyl (C=O) groups is 3. The van der Waals surface area contributed by atoms with Crippen molar-refractivity contribution in [1.82, 2.24) is 45.4 Å². The van der Waals surface area contributed by atoms with E-state index in [1.165, 1.54) is 109 Å². The maximum absolute atomic E-state index is 12.4. The number of carboxylic acids is 2. The maximum atomic E-state index is 12.4. The third kappa shape index (κ3) is 15.7. The van der Waals surface area contributed by atoms with E-state index in [1.54, 1.807) is 30.5 Å². The smallest absolute Gasteiger partial charge is 0.362 e. The number of ether oxygens (including phenoxy) is 3. The molecule has 21 nitrogen and oxygen atoms in total. The highest BCUT2D eigenvalue weighted by Crippen LogP contribution is 2.31. The third-order valence-electron chi connectivity index (χ3n) is 16.1. The van der Waals surface area contributed by atoms with Gasteiger partial charge in [0.15, 0.2) is 17.5 Å². The zero-order valence-electron chi connectivity index (χ0n) is 50.0. The number of nitrogen functional groups attached to an aromatic ring is 1. The average molecular weight is 1190 g/mol. The monoisotopic (exact) mass is 1190 g/mol. The molecule has 0 bridgehead atoms. The number of nitrogens with one attached hydrogen (secondary N) is 4. The van der Waals surface area contributed by atoms with E-state index >= 15 is 0 Å². The van der Waals surface area contributed by atoms with Crippen LogP contribution in [0.4, 0.5) is 40.2 Å². The number of rotatable bonds is 16. The number of benzene rings is 6. The van der Waals surface area contributed by atoms with Crippen LogP contribution in [0.25, 0.3) is 0 Å². The van der Waals surface area contributed by atoms with Crippen molar-refractivity contribution in [3.63, 3.8) is 0 Å². The molecule has 13 rings (SSSR count). The van der Waals surface area contributed by atoms with Crippen molar-refractivity contribution in [1.29, 1.82) is 0 Å². The van der Waals surface area contributed by atoms with Crippen LogP contribution in [-0.2, 0) is 69.2 Å². The van der Waals surface area contributed by atoms with Gasteiger partial charge < -0.3 is 46.1 Å². The van der Waals surface area contributed by atoms with E-state index < -0.39 is 17.9 Å². The molecule has 0 amide bonds. The summed E-state index contributed by atoms with van der Waals surface area (Å²) in [5.41, 5.74) is 22.3. The third-order valence-corrected chi connectivity index (χ3v) is 16.1. The minimum absolute atomic E-state index is 0.0915. The van der Waals surface area contributed by atoms with Gasteiger partial charge >= 0.3 is 17.9 Å². The molecule has 0 saturated carbocycles. The summed E-state index contributed by atoms with van der Waals surface area (Å²) in [6.45, 7) is 2.92. The van der Waals surface area contributed by atoms with Gasteiger partial charge in [-0.2, -0.15) is 5.21 Å². The molecule has 88 heavy (non-hydrogen) atoms. The molecule has 21 heteroatoms. The summed E-state index contributed by atoms with van der Waals surface area (Å²) in [7, 11) is 3.25. The number of aromatic amines is 1. The Bertz CT molecular complexity index is 3860. The number of aromatic nitrogens is 9. The van der Waals surface area contributed by atoms with Crippen LogP contribution in [0.15, 0.2) is 121 Å². The van der Waals surface area contributed by atoms with Crippen molar-refractivity contribution >= 4 is 58.1 Å². The second kappa shape index (κ2) is 29.4. The fraction of sp³-hybridized carbons (Fsp3) is 0.328. The second-order valence-corrected chi connectivity index (χ2v) is 22.1. The highest BCUT2D eigenvalue weighted by Gasteiger charge is 2.24. The largest absolute Gasteiger partial charge is 0.497 e. The topological polar surface area (TPSA) is 284 Å². The molecular formula is C67H75N13O8. The predicted octanol–water partition coefficient (Wildman–Crippen LogP) is 12.1. The van der Waals surface area contributed by atoms with E-state index in [9.17, 15) is 19.5 Å². The first-order valence-corrected chi connectivity index (χ1v) is 30.1. The molecule has 0 unspecified atom stereocenters. The lowest BCUT2D eigenvalue weighted by molar-refractivity contribution is 0.0519. The Kier molecular flexibility index (Phi) is 20.4. The van der Waals surface area contributed by atoms with Gasteiger partial charge in [-0.3, -0.25) is 0 Å². The van der Waals surface area contributed by atoms with Crippen molar-refractivity contribution < 1.29 is 38.8 Å². The number of esters is 1. The molecule has 0 saturated heterocycles. The summed E-state index contributed by atoms with van der Waals surface area (Å²) < 4.78 is 18.8. The summed E-state index contributed by atoms with van der Waals surface area (Å²) in [5, 5.41) is 54.0. The first kappa shape index (κ1) is 61.1. The summed E-state index contributed by atoms with van der Waals surface area (Å²) in [5.74, 6) is -0.00473. The quantitative estimate of drug-likeness (QED) is 0.0350. The van der Waals surface area contributed by atoms with Gasteiger partial charge in [0.25, 0.3) is 0 Å². The van der Waals surface area contributed by atoms with E-state index in [-0.39, 0.29) is 29.5 Å². The Hall–Kier alpha value is -10.1. The lowest BCUT2D eigenvalue weighted by Crippen LogP contribution is -2.11. The van der Waals surface area contributed by atoms with E-state index in [0.717, 1.165) is 83.9 Å². The van der Waals surface area contributed by atoms with Crippen molar-refractivity contribution in [3.8, 4) is 11.5 Å². The van der Waals surface area contributed by atoms with Gasteiger partial charge in [0.1, 0.15) is 11.5 Å². The molecule has 9 aromatic rings. The van der Waals surface area contributed by atoms with Crippen LogP contribution >= 0.6 is 0 Å². The van der Waals surface area contributed by atoms with Crippen LogP contribution in [-0.4, -0.2) is 94.3 Å². The van der Waals surface area contributed by atoms with Gasteiger partial charge in [0, 0.05) is 22.7 Å². The summed E-state index contributed by atoms with van der Waals surface area (Å²) in [6, 6.07) is 40.3. The molecule has 4 aliphatic rings. The molecular weight excluding hydrogens is 1110 g/mol. The van der Waals surface area contributed by atoms with Crippen LogP contribution in [0.3, 0.4) is 0 Å². The molecule has 6 aromatic carbocycles. The normalized spacial score (nSPS) is 13.5. The van der Waals surface area contributed by atoms with Crippen LogP contribution in [0.2, 0.25) is 0 Å². The number of carboxylic acid groups (broad SMARTS) is 2. The minimum atomic E-state index is -1.11. The van der Waals surface area contributed by atoms with Gasteiger partial charge in [0.05, 0.1) is 33.9 Å². The Labute approximate surface area is 511 Å². The summed E-state index contributed by atoms with van der Waals surface area (Å²) in [4.78, 5) is 35.0. The Morgan fingerprint density at radius 2 is 0.875 bits per heavy atom. The molecule has 0 atom stereocenters. The van der Waals surface area contributed by atoms with Gasteiger partial charge in [-0.25, -0.2) is 23.7 Å². The van der Waals surface area contributed by atoms with Gasteiger partial charge in [0.2, 0.25) is 17.1 Å². The van der Waals surface area contributed by atoms with E-state index in [1.807, 2.05) is 72.8 Å². The molecule has 0 radical (unpaired) electrons. The van der Waals surface area contributed by atoms with Crippen LogP contribution in [0.5, 0.6) is 11.5 Å². The first-order valence-electron chi connectivity index (χ1n) is 30.1. The Morgan fingerprint density at radius 1 is 0.489 bits per heavy atom. The molecule has 0 fully saturated rings. The number of methoxy groups -OCH3 is 2. The zero-order chi connectivity index (χ0) is 61.4. The van der Waals surface area contributed by atoms with Gasteiger partial charge in [-0.15, -0.1) is 20.4 Å². The Morgan fingerprint density at radius 3 is 1.30 bits per heavy atom. The SMILES string of the molecule is CCOC(=O)c1nnn(Cc2ccc(OC)cc2)c1Nc1ccc2c(c1)CCCC2.COc1ccc(Cn2nnc(C(=O)O)c2Nc2ccc3c(c2)CCCC3)cc1.Nc1ccc2c(c1)CCCC2.O=C(O)c1n[nH]nc1Nc1ccc2c(c1)CCCC2. The average Bonchev–Trinajstić information content (AvgIpc) is 3.33. The predicted molar refractivity (Wildman–Crippen MR) is 337 cm³/mol. The minimum Gasteiger partial charge on any atom is -0.497 e. The molecule has 456 valence electrons. The number of hydrogen-bond donors (Lipinski definition) is 7. The molecule has 3 aromatic heterocycles. The summed E-state index contributed by atoms with van der Waals surface area (Å²) in [6.07, 6.45) is 19.0. The lowest BCUT2D eigenvalue weighted by atomic mass is 9.91. The van der Waals surface area contributed by atoms with Crippen molar-refractivity contribution in [2.75, 3.05) is 42.5 Å². The number of hydrogen-bond acceptors (Lipinski definition) is 16. The molecule has 8 N–H and O–H groups in total. The Balaban J connectivity index is 0.000000136. The van der Waals surface area contributed by atoms with Crippen LogP contribution < -0.4 is 31.2 Å². The van der Waals surface area contributed by atoms with Crippen molar-refractivity contribution in [2.24, 2.45) is 0 Å². The number of nitrogens with zero attached hydrogens (tertiary/aromatic N) is 8. The second-order valence-electron chi connectivity index (χ2n) is 22.1. The van der Waals surface area contributed by atoms with Crippen LogP contribution in [0.1, 0.15) is 145 Å². The van der Waals surface area contributed by atoms with Gasteiger partial charge in [-0.05, 0) is 238 Å². The molecule has 0 aliphatic heterocycles. The maximum Gasteiger partial charge on any atom is 0.362 e. The lowest BCUT2D eigenvalue weighted by Gasteiger charge is -2.17. The first-order chi connectivity index (χ1) is 42.9. The molecule has 4 aliphatic carbocycles. The highest BCUT2D eigenvalue weighted by molar-refractivity contribution is 5.94. The number of aromatic carboxylic acids is 2. The number of anilines is 7. The van der Waals surface area contributed by atoms with Crippen LogP contribution in [0, 0.1) is 0 Å². The highest BCUT2D eigenvalue weighted by atomic mass is 16.5. The number of aryl methyl sites for hydroxylation is 8. The fourth-order valence-electron chi connectivity index (χ4n) is 11.4. The molecule has 3 heterocycles.